The molecular weight excluding hydrogens is 269 g/mol. The van der Waals surface area contributed by atoms with E-state index >= 15 is 0 Å². The number of rotatable bonds is 4. The smallest absolute Gasteiger partial charge is 0.328 e. The second kappa shape index (κ2) is 7.93. The van der Waals surface area contributed by atoms with Gasteiger partial charge in [-0.05, 0) is 43.6 Å². The number of hydrogen-bond donors (Lipinski definition) is 1. The largest absolute Gasteiger partial charge is 0.478 e. The summed E-state index contributed by atoms with van der Waals surface area (Å²) in [7, 11) is 0. The van der Waals surface area contributed by atoms with Crippen molar-refractivity contribution < 1.29 is 14.3 Å². The fraction of sp³-hybridized carbons (Fsp3) is 0.471. The highest BCUT2D eigenvalue weighted by molar-refractivity contribution is 5.85. The number of likely N-dealkylation sites (tertiary alicyclic amines) is 1. The topological polar surface area (TPSA) is 40.5 Å². The highest BCUT2D eigenvalue weighted by Crippen LogP contribution is 2.17. The third-order valence-electron chi connectivity index (χ3n) is 3.84. The number of benzene rings is 1. The molecule has 0 aromatic heterocycles. The quantitative estimate of drug-likeness (QED) is 0.860. The minimum absolute atomic E-state index is 0.260. The molecule has 1 saturated heterocycles. The van der Waals surface area contributed by atoms with Crippen LogP contribution in [-0.4, -0.2) is 29.1 Å². The molecule has 4 heteroatoms. The van der Waals surface area contributed by atoms with Crippen molar-refractivity contribution >= 4 is 12.0 Å². The second-order valence-electron chi connectivity index (χ2n) is 5.57. The van der Waals surface area contributed by atoms with E-state index in [9.17, 15) is 9.18 Å². The van der Waals surface area contributed by atoms with Gasteiger partial charge in [-0.1, -0.05) is 31.4 Å². The van der Waals surface area contributed by atoms with Gasteiger partial charge in [0.25, 0.3) is 0 Å². The maximum Gasteiger partial charge on any atom is 0.328 e. The zero-order valence-corrected chi connectivity index (χ0v) is 12.2. The molecular formula is C17H22FNO2. The van der Waals surface area contributed by atoms with Gasteiger partial charge >= 0.3 is 5.97 Å². The summed E-state index contributed by atoms with van der Waals surface area (Å²) in [5.41, 5.74) is 1.26. The molecule has 1 fully saturated rings. The lowest BCUT2D eigenvalue weighted by Gasteiger charge is -2.24. The summed E-state index contributed by atoms with van der Waals surface area (Å²) in [6, 6.07) is 4.93. The molecule has 0 bridgehead atoms. The zero-order valence-electron chi connectivity index (χ0n) is 12.2. The second-order valence-corrected chi connectivity index (χ2v) is 5.57. The third kappa shape index (κ3) is 5.31. The summed E-state index contributed by atoms with van der Waals surface area (Å²) in [4.78, 5) is 12.8. The minimum atomic E-state index is -1.03. The van der Waals surface area contributed by atoms with Gasteiger partial charge in [0, 0.05) is 18.2 Å². The van der Waals surface area contributed by atoms with Gasteiger partial charge in [0.15, 0.2) is 0 Å². The number of carbonyl (C=O) groups is 1. The first-order chi connectivity index (χ1) is 10.1. The number of halogens is 1. The predicted octanol–water partition coefficient (Wildman–Crippen LogP) is 3.69. The Morgan fingerprint density at radius 2 is 1.86 bits per heavy atom. The Morgan fingerprint density at radius 3 is 2.48 bits per heavy atom. The molecule has 0 spiro atoms. The van der Waals surface area contributed by atoms with Crippen LogP contribution in [0.5, 0.6) is 0 Å². The summed E-state index contributed by atoms with van der Waals surface area (Å²) in [6.07, 6.45) is 8.63. The zero-order chi connectivity index (χ0) is 15.1. The van der Waals surface area contributed by atoms with Crippen molar-refractivity contribution in [2.45, 2.75) is 38.6 Å². The van der Waals surface area contributed by atoms with Crippen molar-refractivity contribution in [3.8, 4) is 0 Å². The lowest BCUT2D eigenvalue weighted by Crippen LogP contribution is -2.27. The molecule has 1 aliphatic rings. The molecule has 0 atom stereocenters. The van der Waals surface area contributed by atoms with Crippen molar-refractivity contribution in [2.24, 2.45) is 0 Å². The molecule has 0 radical (unpaired) electrons. The summed E-state index contributed by atoms with van der Waals surface area (Å²) in [6.45, 7) is 2.69. The number of hydrogen-bond acceptors (Lipinski definition) is 2. The Hall–Kier alpha value is -1.68. The van der Waals surface area contributed by atoms with E-state index in [1.165, 1.54) is 44.2 Å². The van der Waals surface area contributed by atoms with Crippen LogP contribution in [0.3, 0.4) is 0 Å². The van der Waals surface area contributed by atoms with Crippen LogP contribution in [0.25, 0.3) is 6.08 Å². The minimum Gasteiger partial charge on any atom is -0.478 e. The Morgan fingerprint density at radius 1 is 1.19 bits per heavy atom. The highest BCUT2D eigenvalue weighted by Gasteiger charge is 2.11. The van der Waals surface area contributed by atoms with E-state index in [-0.39, 0.29) is 5.82 Å². The molecule has 1 N–H and O–H groups in total. The van der Waals surface area contributed by atoms with Crippen LogP contribution in [0.4, 0.5) is 4.39 Å². The lowest BCUT2D eigenvalue weighted by molar-refractivity contribution is -0.131. The van der Waals surface area contributed by atoms with Crippen LogP contribution in [0.1, 0.15) is 43.2 Å². The van der Waals surface area contributed by atoms with Gasteiger partial charge < -0.3 is 5.11 Å². The number of aliphatic carboxylic acids is 1. The predicted molar refractivity (Wildman–Crippen MR) is 81.4 cm³/mol. The Labute approximate surface area is 125 Å². The van der Waals surface area contributed by atoms with Crippen molar-refractivity contribution in [3.05, 3.63) is 41.2 Å². The summed E-state index contributed by atoms with van der Waals surface area (Å²) in [5.74, 6) is -1.29. The first kappa shape index (κ1) is 15.7. The SMILES string of the molecule is O=C(O)C=Cc1ccc(CN2CCCCCCC2)c(F)c1. The molecule has 114 valence electrons. The number of carboxylic acid groups (broad SMARTS) is 1. The normalized spacial score (nSPS) is 17.6. The van der Waals surface area contributed by atoms with E-state index in [2.05, 4.69) is 4.90 Å². The van der Waals surface area contributed by atoms with Crippen molar-refractivity contribution in [1.29, 1.82) is 0 Å². The molecule has 0 aliphatic carbocycles. The molecule has 2 rings (SSSR count). The van der Waals surface area contributed by atoms with E-state index in [0.29, 0.717) is 17.7 Å². The van der Waals surface area contributed by atoms with Crippen LogP contribution >= 0.6 is 0 Å². The van der Waals surface area contributed by atoms with Crippen LogP contribution in [0.15, 0.2) is 24.3 Å². The van der Waals surface area contributed by atoms with Crippen LogP contribution in [0, 0.1) is 5.82 Å². The highest BCUT2D eigenvalue weighted by atomic mass is 19.1. The first-order valence-electron chi connectivity index (χ1n) is 7.57. The molecule has 0 amide bonds. The summed E-state index contributed by atoms with van der Waals surface area (Å²) >= 11 is 0. The molecule has 0 unspecified atom stereocenters. The van der Waals surface area contributed by atoms with E-state index in [1.54, 1.807) is 12.1 Å². The Balaban J connectivity index is 2.01. The van der Waals surface area contributed by atoms with Gasteiger partial charge in [-0.15, -0.1) is 0 Å². The fourth-order valence-electron chi connectivity index (χ4n) is 2.67. The molecule has 1 aliphatic heterocycles. The van der Waals surface area contributed by atoms with Crippen molar-refractivity contribution in [2.75, 3.05) is 13.1 Å². The van der Waals surface area contributed by atoms with Gasteiger partial charge in [0.2, 0.25) is 0 Å². The van der Waals surface area contributed by atoms with E-state index in [1.807, 2.05) is 0 Å². The number of nitrogens with zero attached hydrogens (tertiary/aromatic N) is 1. The monoisotopic (exact) mass is 291 g/mol. The van der Waals surface area contributed by atoms with E-state index < -0.39 is 5.97 Å². The summed E-state index contributed by atoms with van der Waals surface area (Å²) < 4.78 is 14.1. The van der Waals surface area contributed by atoms with Crippen LogP contribution < -0.4 is 0 Å². The summed E-state index contributed by atoms with van der Waals surface area (Å²) in [5, 5.41) is 8.58. The van der Waals surface area contributed by atoms with Crippen LogP contribution in [0.2, 0.25) is 0 Å². The van der Waals surface area contributed by atoms with E-state index in [0.717, 1.165) is 19.2 Å². The average Bonchev–Trinajstić information content (AvgIpc) is 2.41. The van der Waals surface area contributed by atoms with Gasteiger partial charge in [-0.2, -0.15) is 0 Å². The van der Waals surface area contributed by atoms with Crippen molar-refractivity contribution in [1.82, 2.24) is 4.90 Å². The maximum atomic E-state index is 14.1. The molecule has 0 saturated carbocycles. The molecule has 1 heterocycles. The lowest BCUT2D eigenvalue weighted by atomic mass is 10.1. The first-order valence-corrected chi connectivity index (χ1v) is 7.57. The maximum absolute atomic E-state index is 14.1. The van der Waals surface area contributed by atoms with Crippen LogP contribution in [-0.2, 0) is 11.3 Å². The molecule has 21 heavy (non-hydrogen) atoms. The molecule has 3 nitrogen and oxygen atoms in total. The van der Waals surface area contributed by atoms with E-state index in [4.69, 9.17) is 5.11 Å². The standard InChI is InChI=1S/C17H22FNO2/c18-16-12-14(7-9-17(20)21)6-8-15(16)13-19-10-4-2-1-3-5-11-19/h6-9,12H,1-5,10-11,13H2,(H,20,21). The third-order valence-corrected chi connectivity index (χ3v) is 3.84. The molecule has 1 aromatic rings. The van der Waals surface area contributed by atoms with Gasteiger partial charge in [-0.25, -0.2) is 9.18 Å². The number of carboxylic acids is 1. The van der Waals surface area contributed by atoms with Crippen molar-refractivity contribution in [3.63, 3.8) is 0 Å². The van der Waals surface area contributed by atoms with Gasteiger partial charge in [0.05, 0.1) is 0 Å². The Kier molecular flexibility index (Phi) is 5.93. The molecule has 1 aromatic carbocycles. The average molecular weight is 291 g/mol. The fourth-order valence-corrected chi connectivity index (χ4v) is 2.67. The Bertz CT molecular complexity index is 506. The van der Waals surface area contributed by atoms with Gasteiger partial charge in [-0.3, -0.25) is 4.90 Å². The van der Waals surface area contributed by atoms with Gasteiger partial charge in [0.1, 0.15) is 5.82 Å².